The van der Waals surface area contributed by atoms with Crippen LogP contribution in [0.5, 0.6) is 0 Å². The summed E-state index contributed by atoms with van der Waals surface area (Å²) in [5.74, 6) is -1.08. The third-order valence-electron chi connectivity index (χ3n) is 2.12. The summed E-state index contributed by atoms with van der Waals surface area (Å²) in [6, 6.07) is 1.62. The Balaban J connectivity index is 2.90. The minimum Gasteiger partial charge on any atom is -0.481 e. The SMILES string of the molecule is CC(CC(=O)O)c1ccn(S(C)(=O)=O)c1. The molecule has 1 unspecified atom stereocenters. The van der Waals surface area contributed by atoms with Crippen LogP contribution in [0.1, 0.15) is 24.8 Å². The Morgan fingerprint density at radius 2 is 2.20 bits per heavy atom. The maximum atomic E-state index is 11.1. The standard InChI is InChI=1S/C9H13NO4S/c1-7(5-9(11)12)8-3-4-10(6-8)15(2,13)14/h3-4,6-7H,5H2,1-2H3,(H,11,12). The first-order valence-corrected chi connectivity index (χ1v) is 6.26. The van der Waals surface area contributed by atoms with Gasteiger partial charge in [0, 0.05) is 12.4 Å². The lowest BCUT2D eigenvalue weighted by atomic mass is 10.0. The van der Waals surface area contributed by atoms with Crippen LogP contribution in [0.15, 0.2) is 18.5 Å². The van der Waals surface area contributed by atoms with Crippen LogP contribution in [0.25, 0.3) is 0 Å². The van der Waals surface area contributed by atoms with Crippen LogP contribution in [0.4, 0.5) is 0 Å². The van der Waals surface area contributed by atoms with Crippen LogP contribution in [0.2, 0.25) is 0 Å². The number of carbonyl (C=O) groups is 1. The van der Waals surface area contributed by atoms with Gasteiger partial charge in [0.05, 0.1) is 12.7 Å². The van der Waals surface area contributed by atoms with Crippen LogP contribution in [0.3, 0.4) is 0 Å². The number of hydrogen-bond donors (Lipinski definition) is 1. The Hall–Kier alpha value is -1.30. The number of aliphatic carboxylic acids is 1. The Morgan fingerprint density at radius 1 is 1.60 bits per heavy atom. The van der Waals surface area contributed by atoms with Gasteiger partial charge in [-0.3, -0.25) is 8.77 Å². The minimum atomic E-state index is -3.27. The van der Waals surface area contributed by atoms with E-state index in [1.807, 2.05) is 0 Å². The minimum absolute atomic E-state index is 0.00618. The summed E-state index contributed by atoms with van der Waals surface area (Å²) in [4.78, 5) is 10.5. The second-order valence-corrected chi connectivity index (χ2v) is 5.42. The summed E-state index contributed by atoms with van der Waals surface area (Å²) in [6.45, 7) is 1.75. The first kappa shape index (κ1) is 11.8. The van der Waals surface area contributed by atoms with Crippen molar-refractivity contribution in [3.05, 3.63) is 24.0 Å². The average molecular weight is 231 g/mol. The lowest BCUT2D eigenvalue weighted by molar-refractivity contribution is -0.137. The zero-order valence-corrected chi connectivity index (χ0v) is 9.36. The van der Waals surface area contributed by atoms with Crippen molar-refractivity contribution in [2.24, 2.45) is 0 Å². The van der Waals surface area contributed by atoms with Crippen molar-refractivity contribution in [2.45, 2.75) is 19.3 Å². The molecule has 6 heteroatoms. The first-order valence-electron chi connectivity index (χ1n) is 4.41. The van der Waals surface area contributed by atoms with Gasteiger partial charge in [0.2, 0.25) is 10.0 Å². The number of hydrogen-bond acceptors (Lipinski definition) is 3. The molecule has 84 valence electrons. The van der Waals surface area contributed by atoms with Gasteiger partial charge >= 0.3 is 5.97 Å². The van der Waals surface area contributed by atoms with Gasteiger partial charge < -0.3 is 5.11 Å². The van der Waals surface area contributed by atoms with Gasteiger partial charge in [0.25, 0.3) is 0 Å². The normalized spacial score (nSPS) is 13.7. The monoisotopic (exact) mass is 231 g/mol. The van der Waals surface area contributed by atoms with Crippen LogP contribution < -0.4 is 0 Å². The quantitative estimate of drug-likeness (QED) is 0.834. The van der Waals surface area contributed by atoms with Crippen LogP contribution in [-0.2, 0) is 14.8 Å². The van der Waals surface area contributed by atoms with Crippen molar-refractivity contribution in [3.8, 4) is 0 Å². The fourth-order valence-corrected chi connectivity index (χ4v) is 1.87. The number of aromatic nitrogens is 1. The molecule has 1 rings (SSSR count). The van der Waals surface area contributed by atoms with E-state index in [0.717, 1.165) is 10.2 Å². The van der Waals surface area contributed by atoms with E-state index in [2.05, 4.69) is 0 Å². The molecule has 1 aromatic heterocycles. The third kappa shape index (κ3) is 3.09. The second-order valence-electron chi connectivity index (χ2n) is 3.54. The predicted octanol–water partition coefficient (Wildman–Crippen LogP) is 0.874. The Bertz CT molecular complexity index is 460. The van der Waals surface area contributed by atoms with Gasteiger partial charge in [-0.25, -0.2) is 8.42 Å². The second kappa shape index (κ2) is 4.06. The molecule has 1 heterocycles. The molecule has 0 amide bonds. The average Bonchev–Trinajstić information content (AvgIpc) is 2.48. The van der Waals surface area contributed by atoms with E-state index in [1.165, 1.54) is 12.4 Å². The van der Waals surface area contributed by atoms with E-state index in [1.54, 1.807) is 13.0 Å². The fraction of sp³-hybridized carbons (Fsp3) is 0.444. The highest BCUT2D eigenvalue weighted by molar-refractivity contribution is 7.89. The summed E-state index contributed by atoms with van der Waals surface area (Å²) < 4.78 is 23.4. The van der Waals surface area contributed by atoms with Gasteiger partial charge in [-0.05, 0) is 17.5 Å². The number of carboxylic acid groups (broad SMARTS) is 1. The summed E-state index contributed by atoms with van der Waals surface area (Å²) in [5, 5.41) is 8.59. The molecular formula is C9H13NO4S. The van der Waals surface area contributed by atoms with Gasteiger partial charge in [-0.2, -0.15) is 0 Å². The molecule has 1 aromatic rings. The molecule has 0 fully saturated rings. The fourth-order valence-electron chi connectivity index (χ4n) is 1.27. The van der Waals surface area contributed by atoms with Gasteiger partial charge in [0.1, 0.15) is 0 Å². The molecule has 0 aliphatic rings. The lowest BCUT2D eigenvalue weighted by Gasteiger charge is -2.05. The van der Waals surface area contributed by atoms with Crippen LogP contribution in [0, 0.1) is 0 Å². The molecule has 0 aromatic carbocycles. The number of rotatable bonds is 4. The molecular weight excluding hydrogens is 218 g/mol. The number of carboxylic acids is 1. The van der Waals surface area contributed by atoms with Crippen molar-refractivity contribution in [2.75, 3.05) is 6.26 Å². The summed E-state index contributed by atoms with van der Waals surface area (Å²) in [5.41, 5.74) is 0.711. The Labute approximate surface area is 88.4 Å². The molecule has 1 N–H and O–H groups in total. The van der Waals surface area contributed by atoms with Crippen molar-refractivity contribution in [3.63, 3.8) is 0 Å². The highest BCUT2D eigenvalue weighted by atomic mass is 32.2. The molecule has 1 atom stereocenters. The summed E-state index contributed by atoms with van der Waals surface area (Å²) in [7, 11) is -3.27. The number of nitrogens with zero attached hydrogens (tertiary/aromatic N) is 1. The van der Waals surface area contributed by atoms with E-state index in [9.17, 15) is 13.2 Å². The molecule has 0 aliphatic heterocycles. The zero-order chi connectivity index (χ0) is 11.6. The molecule has 0 saturated heterocycles. The first-order chi connectivity index (χ1) is 6.80. The molecule has 0 bridgehead atoms. The topological polar surface area (TPSA) is 76.4 Å². The zero-order valence-electron chi connectivity index (χ0n) is 8.54. The predicted molar refractivity (Wildman–Crippen MR) is 55.3 cm³/mol. The van der Waals surface area contributed by atoms with E-state index < -0.39 is 16.0 Å². The largest absolute Gasteiger partial charge is 0.481 e. The van der Waals surface area contributed by atoms with Crippen LogP contribution >= 0.6 is 0 Å². The van der Waals surface area contributed by atoms with Crippen molar-refractivity contribution in [1.82, 2.24) is 3.97 Å². The van der Waals surface area contributed by atoms with E-state index in [4.69, 9.17) is 5.11 Å². The smallest absolute Gasteiger partial charge is 0.303 e. The molecule has 0 radical (unpaired) electrons. The maximum Gasteiger partial charge on any atom is 0.303 e. The van der Waals surface area contributed by atoms with Gasteiger partial charge in [-0.1, -0.05) is 6.92 Å². The maximum absolute atomic E-state index is 11.1. The molecule has 0 spiro atoms. The lowest BCUT2D eigenvalue weighted by Crippen LogP contribution is -2.07. The van der Waals surface area contributed by atoms with E-state index in [-0.39, 0.29) is 12.3 Å². The highest BCUT2D eigenvalue weighted by Crippen LogP contribution is 2.19. The third-order valence-corrected chi connectivity index (χ3v) is 3.12. The Morgan fingerprint density at radius 3 is 2.60 bits per heavy atom. The van der Waals surface area contributed by atoms with E-state index >= 15 is 0 Å². The molecule has 0 saturated carbocycles. The summed E-state index contributed by atoms with van der Waals surface area (Å²) >= 11 is 0. The van der Waals surface area contributed by atoms with E-state index in [0.29, 0.717) is 5.56 Å². The van der Waals surface area contributed by atoms with Crippen LogP contribution in [-0.4, -0.2) is 29.7 Å². The molecule has 0 aliphatic carbocycles. The van der Waals surface area contributed by atoms with Crippen molar-refractivity contribution in [1.29, 1.82) is 0 Å². The van der Waals surface area contributed by atoms with Gasteiger partial charge in [0.15, 0.2) is 0 Å². The highest BCUT2D eigenvalue weighted by Gasteiger charge is 2.13. The van der Waals surface area contributed by atoms with Crippen molar-refractivity contribution < 1.29 is 18.3 Å². The van der Waals surface area contributed by atoms with Gasteiger partial charge in [-0.15, -0.1) is 0 Å². The molecule has 15 heavy (non-hydrogen) atoms. The Kier molecular flexibility index (Phi) is 3.18. The summed E-state index contributed by atoms with van der Waals surface area (Å²) in [6.07, 6.45) is 3.96. The molecule has 5 nitrogen and oxygen atoms in total. The van der Waals surface area contributed by atoms with Crippen molar-refractivity contribution >= 4 is 16.0 Å².